The number of nitrogens with one attached hydrogen (secondary N) is 1. The molecule has 1 aliphatic rings. The first-order chi connectivity index (χ1) is 9.69. The summed E-state index contributed by atoms with van der Waals surface area (Å²) in [4.78, 5) is 29.7. The minimum atomic E-state index is -0.477. The Morgan fingerprint density at radius 2 is 2.20 bits per heavy atom. The summed E-state index contributed by atoms with van der Waals surface area (Å²) < 4.78 is 1.07. The fraction of sp³-hybridized carbons (Fsp3) is 0.357. The fourth-order valence-corrected chi connectivity index (χ4v) is 3.26. The van der Waals surface area contributed by atoms with Gasteiger partial charge < -0.3 is 5.32 Å². The van der Waals surface area contributed by atoms with Crippen LogP contribution in [0.5, 0.6) is 0 Å². The molecule has 0 aliphatic carbocycles. The van der Waals surface area contributed by atoms with Crippen LogP contribution in [-0.4, -0.2) is 34.3 Å². The second-order valence-electron chi connectivity index (χ2n) is 4.77. The van der Waals surface area contributed by atoms with E-state index in [-0.39, 0.29) is 18.2 Å². The normalized spacial score (nSPS) is 19.1. The number of anilines is 1. The number of hydrogen-bond acceptors (Lipinski definition) is 5. The molecule has 0 spiro atoms. The summed E-state index contributed by atoms with van der Waals surface area (Å²) in [6, 6.07) is 7.33. The van der Waals surface area contributed by atoms with Crippen LogP contribution in [0, 0.1) is 0 Å². The first-order valence-corrected chi connectivity index (χ1v) is 7.47. The van der Waals surface area contributed by atoms with Gasteiger partial charge in [-0.1, -0.05) is 30.4 Å². The molecule has 1 aromatic carbocycles. The van der Waals surface area contributed by atoms with Gasteiger partial charge in [0.2, 0.25) is 5.91 Å². The smallest absolute Gasteiger partial charge is 0.252 e. The lowest BCUT2D eigenvalue weighted by molar-refractivity contribution is -0.138. The quantitative estimate of drug-likeness (QED) is 0.877. The van der Waals surface area contributed by atoms with Crippen molar-refractivity contribution in [2.24, 2.45) is 0 Å². The Labute approximate surface area is 120 Å². The van der Waals surface area contributed by atoms with Crippen LogP contribution in [0.25, 0.3) is 10.2 Å². The zero-order valence-corrected chi connectivity index (χ0v) is 11.9. The number of carbonyl (C=O) groups excluding carboxylic acids is 2. The van der Waals surface area contributed by atoms with Gasteiger partial charge in [0, 0.05) is 6.54 Å². The van der Waals surface area contributed by atoms with Crippen molar-refractivity contribution in [3.8, 4) is 0 Å². The molecule has 1 fully saturated rings. The van der Waals surface area contributed by atoms with Crippen molar-refractivity contribution in [2.45, 2.75) is 25.8 Å². The average Bonchev–Trinajstić information content (AvgIpc) is 2.95. The molecule has 20 heavy (non-hydrogen) atoms. The molecular formula is C14H15N3O2S. The average molecular weight is 289 g/mol. The second kappa shape index (κ2) is 5.20. The lowest BCUT2D eigenvalue weighted by atomic mass is 10.2. The number of benzene rings is 1. The zero-order valence-electron chi connectivity index (χ0n) is 11.1. The van der Waals surface area contributed by atoms with Crippen LogP contribution in [0.1, 0.15) is 19.8 Å². The van der Waals surface area contributed by atoms with Gasteiger partial charge in [0.1, 0.15) is 6.04 Å². The predicted octanol–water partition coefficient (Wildman–Crippen LogP) is 2.25. The molecule has 6 heteroatoms. The first kappa shape index (κ1) is 13.1. The van der Waals surface area contributed by atoms with E-state index in [1.165, 1.54) is 16.2 Å². The van der Waals surface area contributed by atoms with Crippen LogP contribution in [0.3, 0.4) is 0 Å². The van der Waals surface area contributed by atoms with Crippen molar-refractivity contribution in [1.82, 2.24) is 9.88 Å². The first-order valence-electron chi connectivity index (χ1n) is 6.65. The van der Waals surface area contributed by atoms with Crippen LogP contribution in [0.4, 0.5) is 5.13 Å². The molecule has 1 N–H and O–H groups in total. The topological polar surface area (TPSA) is 62.3 Å². The van der Waals surface area contributed by atoms with E-state index in [0.717, 1.165) is 16.6 Å². The van der Waals surface area contributed by atoms with Crippen molar-refractivity contribution in [2.75, 3.05) is 11.9 Å². The number of hydrogen-bond donors (Lipinski definition) is 1. The van der Waals surface area contributed by atoms with Gasteiger partial charge in [0.05, 0.1) is 16.6 Å². The highest BCUT2D eigenvalue weighted by Crippen LogP contribution is 2.27. The monoisotopic (exact) mass is 289 g/mol. The van der Waals surface area contributed by atoms with Crippen molar-refractivity contribution >= 4 is 38.5 Å². The van der Waals surface area contributed by atoms with Gasteiger partial charge in [-0.3, -0.25) is 14.5 Å². The maximum atomic E-state index is 12.1. The maximum absolute atomic E-state index is 12.1. The third kappa shape index (κ3) is 2.27. The van der Waals surface area contributed by atoms with Crippen molar-refractivity contribution in [1.29, 1.82) is 0 Å². The van der Waals surface area contributed by atoms with E-state index in [0.29, 0.717) is 11.7 Å². The van der Waals surface area contributed by atoms with Crippen LogP contribution in [0.15, 0.2) is 24.3 Å². The van der Waals surface area contributed by atoms with E-state index < -0.39 is 6.04 Å². The van der Waals surface area contributed by atoms with Crippen LogP contribution in [0.2, 0.25) is 0 Å². The molecule has 1 aliphatic heterocycles. The molecule has 3 rings (SSSR count). The molecule has 1 atom stereocenters. The third-order valence-corrected chi connectivity index (χ3v) is 4.25. The molecule has 2 aromatic rings. The number of rotatable bonds is 4. The summed E-state index contributed by atoms with van der Waals surface area (Å²) in [6.45, 7) is 2.45. The molecular weight excluding hydrogens is 274 g/mol. The Morgan fingerprint density at radius 3 is 2.95 bits per heavy atom. The lowest BCUT2D eigenvalue weighted by Gasteiger charge is -2.13. The number of likely N-dealkylation sites (tertiary alicyclic amines) is 1. The number of aromatic nitrogens is 1. The molecule has 2 heterocycles. The number of fused-ring (bicyclic) bond motifs is 1. The molecule has 0 saturated carbocycles. The predicted molar refractivity (Wildman–Crippen MR) is 78.7 cm³/mol. The minimum absolute atomic E-state index is 0.101. The Hall–Kier alpha value is -1.95. The molecule has 1 unspecified atom stereocenters. The number of para-hydroxylation sites is 1. The van der Waals surface area contributed by atoms with Gasteiger partial charge in [-0.05, 0) is 18.6 Å². The van der Waals surface area contributed by atoms with Crippen LogP contribution >= 0.6 is 11.3 Å². The Balaban J connectivity index is 1.78. The highest BCUT2D eigenvalue weighted by molar-refractivity contribution is 7.22. The Morgan fingerprint density at radius 1 is 1.40 bits per heavy atom. The van der Waals surface area contributed by atoms with E-state index in [1.807, 2.05) is 31.2 Å². The van der Waals surface area contributed by atoms with E-state index >= 15 is 0 Å². The lowest BCUT2D eigenvalue weighted by Crippen LogP contribution is -2.35. The highest BCUT2D eigenvalue weighted by atomic mass is 32.1. The Bertz CT molecular complexity index is 634. The van der Waals surface area contributed by atoms with Crippen LogP contribution in [-0.2, 0) is 9.59 Å². The number of amides is 2. The van der Waals surface area contributed by atoms with Crippen LogP contribution < -0.4 is 5.32 Å². The number of imide groups is 1. The molecule has 2 amide bonds. The molecule has 5 nitrogen and oxygen atoms in total. The van der Waals surface area contributed by atoms with Crippen molar-refractivity contribution in [3.05, 3.63) is 24.3 Å². The van der Waals surface area contributed by atoms with E-state index in [1.54, 1.807) is 0 Å². The van der Waals surface area contributed by atoms with Gasteiger partial charge in [0.15, 0.2) is 5.13 Å². The molecule has 1 aromatic heterocycles. The van der Waals surface area contributed by atoms with Crippen molar-refractivity contribution < 1.29 is 9.59 Å². The third-order valence-electron chi connectivity index (χ3n) is 3.28. The SMILES string of the molecule is CCCN1C(=O)CC(Nc2nc3ccccc3s2)C1=O. The van der Waals surface area contributed by atoms with Gasteiger partial charge in [-0.15, -0.1) is 0 Å². The summed E-state index contributed by atoms with van der Waals surface area (Å²) in [6.07, 6.45) is 1.00. The Kier molecular flexibility index (Phi) is 3.40. The molecule has 1 saturated heterocycles. The standard InChI is InChI=1S/C14H15N3O2S/c1-2-7-17-12(18)8-10(13(17)19)16-14-15-9-5-3-4-6-11(9)20-14/h3-6,10H,2,7-8H2,1H3,(H,15,16). The number of carbonyl (C=O) groups is 2. The largest absolute Gasteiger partial charge is 0.349 e. The number of nitrogens with zero attached hydrogens (tertiary/aromatic N) is 2. The summed E-state index contributed by atoms with van der Waals surface area (Å²) in [5.41, 5.74) is 0.905. The summed E-state index contributed by atoms with van der Waals surface area (Å²) >= 11 is 1.50. The van der Waals surface area contributed by atoms with Gasteiger partial charge >= 0.3 is 0 Å². The van der Waals surface area contributed by atoms with Crippen molar-refractivity contribution in [3.63, 3.8) is 0 Å². The van der Waals surface area contributed by atoms with Gasteiger partial charge in [-0.2, -0.15) is 0 Å². The minimum Gasteiger partial charge on any atom is -0.349 e. The zero-order chi connectivity index (χ0) is 14.1. The fourth-order valence-electron chi connectivity index (χ4n) is 2.34. The van der Waals surface area contributed by atoms with E-state index in [9.17, 15) is 9.59 Å². The summed E-state index contributed by atoms with van der Waals surface area (Å²) in [5, 5.41) is 3.78. The second-order valence-corrected chi connectivity index (χ2v) is 5.80. The number of thiazole rings is 1. The van der Waals surface area contributed by atoms with Gasteiger partial charge in [0.25, 0.3) is 5.91 Å². The highest BCUT2D eigenvalue weighted by Gasteiger charge is 2.38. The van der Waals surface area contributed by atoms with E-state index in [2.05, 4.69) is 10.3 Å². The van der Waals surface area contributed by atoms with E-state index in [4.69, 9.17) is 0 Å². The molecule has 0 bridgehead atoms. The summed E-state index contributed by atoms with van der Waals surface area (Å²) in [7, 11) is 0. The maximum Gasteiger partial charge on any atom is 0.252 e. The van der Waals surface area contributed by atoms with Gasteiger partial charge in [-0.25, -0.2) is 4.98 Å². The molecule has 0 radical (unpaired) electrons. The summed E-state index contributed by atoms with van der Waals surface area (Å²) in [5.74, 6) is -0.244. The molecule has 104 valence electrons.